The van der Waals surface area contributed by atoms with Gasteiger partial charge < -0.3 is 19.2 Å². The predicted octanol–water partition coefficient (Wildman–Crippen LogP) is 4.48. The van der Waals surface area contributed by atoms with Crippen molar-refractivity contribution in [3.8, 4) is 11.5 Å². The van der Waals surface area contributed by atoms with Crippen LogP contribution in [0.2, 0.25) is 0 Å². The van der Waals surface area contributed by atoms with Gasteiger partial charge in [0.2, 0.25) is 11.7 Å². The number of nitrogens with one attached hydrogen (secondary N) is 1. The minimum Gasteiger partial charge on any atom is -0.466 e. The third-order valence-corrected chi connectivity index (χ3v) is 4.69. The second-order valence-electron chi connectivity index (χ2n) is 7.44. The zero-order valence-electron chi connectivity index (χ0n) is 14.8. The molecule has 1 N–H and O–H groups in total. The number of fused-ring (bicyclic) bond motifs is 1. The average molecular weight is 341 g/mol. The molecule has 5 heteroatoms. The monoisotopic (exact) mass is 341 g/mol. The van der Waals surface area contributed by atoms with E-state index in [1.54, 1.807) is 6.07 Å². The van der Waals surface area contributed by atoms with Crippen LogP contribution in [0.5, 0.6) is 11.5 Å². The van der Waals surface area contributed by atoms with Crippen molar-refractivity contribution in [3.63, 3.8) is 0 Å². The van der Waals surface area contributed by atoms with Gasteiger partial charge in [0.15, 0.2) is 11.5 Å². The maximum absolute atomic E-state index is 12.2. The molecule has 132 valence electrons. The lowest BCUT2D eigenvalue weighted by atomic mass is 10.2. The fourth-order valence-electron chi connectivity index (χ4n) is 3.21. The average Bonchev–Trinajstić information content (AvgIpc) is 2.96. The van der Waals surface area contributed by atoms with E-state index in [1.165, 1.54) is 6.42 Å². The van der Waals surface area contributed by atoms with Gasteiger partial charge in [0, 0.05) is 44.4 Å². The van der Waals surface area contributed by atoms with Gasteiger partial charge in [0.25, 0.3) is 0 Å². The van der Waals surface area contributed by atoms with Crippen molar-refractivity contribution in [3.05, 3.63) is 41.9 Å². The first-order valence-electron chi connectivity index (χ1n) is 8.80. The van der Waals surface area contributed by atoms with Crippen molar-refractivity contribution in [2.24, 2.45) is 5.92 Å². The van der Waals surface area contributed by atoms with Crippen LogP contribution >= 0.6 is 0 Å². The summed E-state index contributed by atoms with van der Waals surface area (Å²) in [5, 5.41) is 2.90. The number of carbonyl (C=O) groups excluding carboxylic acids is 1. The molecule has 1 aliphatic carbocycles. The van der Waals surface area contributed by atoms with Crippen LogP contribution < -0.4 is 14.8 Å². The minimum atomic E-state index is -0.666. The summed E-state index contributed by atoms with van der Waals surface area (Å²) in [4.78, 5) is 12.2. The second-order valence-corrected chi connectivity index (χ2v) is 7.44. The summed E-state index contributed by atoms with van der Waals surface area (Å²) in [6.07, 6.45) is 2.19. The molecule has 1 aromatic heterocycles. The topological polar surface area (TPSA) is 60.7 Å². The summed E-state index contributed by atoms with van der Waals surface area (Å²) in [7, 11) is 0. The van der Waals surface area contributed by atoms with Gasteiger partial charge in [-0.2, -0.15) is 0 Å². The molecule has 1 aliphatic heterocycles. The van der Waals surface area contributed by atoms with Gasteiger partial charge in [-0.05, 0) is 36.6 Å². The number of benzene rings is 1. The minimum absolute atomic E-state index is 0.0455. The maximum atomic E-state index is 12.2. The van der Waals surface area contributed by atoms with Gasteiger partial charge in [-0.15, -0.1) is 0 Å². The van der Waals surface area contributed by atoms with Crippen molar-refractivity contribution in [2.75, 3.05) is 5.32 Å². The fourth-order valence-corrected chi connectivity index (χ4v) is 3.21. The van der Waals surface area contributed by atoms with Gasteiger partial charge in [-0.3, -0.25) is 4.79 Å². The van der Waals surface area contributed by atoms with Crippen LogP contribution in [-0.2, 0) is 11.2 Å². The highest BCUT2D eigenvalue weighted by molar-refractivity contribution is 5.91. The Kier molecular flexibility index (Phi) is 3.74. The molecule has 0 radical (unpaired) electrons. The summed E-state index contributed by atoms with van der Waals surface area (Å²) in [6.45, 7) is 5.93. The fraction of sp³-hybridized carbons (Fsp3) is 0.450. The lowest BCUT2D eigenvalue weighted by Gasteiger charge is -2.16. The van der Waals surface area contributed by atoms with E-state index >= 15 is 0 Å². The molecule has 2 unspecified atom stereocenters. The highest BCUT2D eigenvalue weighted by atomic mass is 16.7. The van der Waals surface area contributed by atoms with Crippen LogP contribution in [0.4, 0.5) is 5.69 Å². The van der Waals surface area contributed by atoms with E-state index in [0.717, 1.165) is 17.4 Å². The molecule has 2 aliphatic rings. The van der Waals surface area contributed by atoms with E-state index in [1.807, 2.05) is 38.1 Å². The van der Waals surface area contributed by atoms with E-state index in [9.17, 15) is 4.79 Å². The number of hydrogen-bond acceptors (Lipinski definition) is 4. The Hall–Kier alpha value is -2.43. The number of carbonyl (C=O) groups is 1. The third-order valence-electron chi connectivity index (χ3n) is 4.69. The Balaban J connectivity index is 1.31. The molecule has 5 nitrogen and oxygen atoms in total. The number of ether oxygens (including phenoxy) is 2. The first kappa shape index (κ1) is 16.1. The summed E-state index contributed by atoms with van der Waals surface area (Å²) in [6, 6.07) is 9.45. The molecule has 1 amide bonds. The molecule has 1 fully saturated rings. The molecule has 4 rings (SSSR count). The molecule has 1 saturated carbocycles. The first-order valence-corrected chi connectivity index (χ1v) is 8.80. The van der Waals surface area contributed by atoms with Crippen LogP contribution in [0, 0.1) is 5.92 Å². The van der Waals surface area contributed by atoms with Gasteiger partial charge in [-0.1, -0.05) is 6.92 Å². The number of anilines is 1. The van der Waals surface area contributed by atoms with Crippen LogP contribution in [0.15, 0.2) is 34.7 Å². The molecular formula is C20H23NO4. The Labute approximate surface area is 147 Å². The highest BCUT2D eigenvalue weighted by Gasteiger charge is 2.36. The summed E-state index contributed by atoms with van der Waals surface area (Å²) in [5.41, 5.74) is 0.706. The van der Waals surface area contributed by atoms with E-state index in [-0.39, 0.29) is 5.91 Å². The molecular weight excluding hydrogens is 318 g/mol. The summed E-state index contributed by atoms with van der Waals surface area (Å²) >= 11 is 0. The van der Waals surface area contributed by atoms with Gasteiger partial charge in [0.05, 0.1) is 0 Å². The maximum Gasteiger partial charge on any atom is 0.246 e. The molecule has 2 aromatic rings. The van der Waals surface area contributed by atoms with E-state index in [0.29, 0.717) is 35.9 Å². The number of rotatable bonds is 5. The molecule has 1 aromatic carbocycles. The van der Waals surface area contributed by atoms with Crippen molar-refractivity contribution in [1.29, 1.82) is 0 Å². The second kappa shape index (κ2) is 5.83. The Morgan fingerprint density at radius 1 is 1.20 bits per heavy atom. The van der Waals surface area contributed by atoms with Crippen molar-refractivity contribution in [1.82, 2.24) is 0 Å². The van der Waals surface area contributed by atoms with Crippen LogP contribution in [0.3, 0.4) is 0 Å². The largest absolute Gasteiger partial charge is 0.466 e. The lowest BCUT2D eigenvalue weighted by Crippen LogP contribution is -2.29. The SMILES string of the molecule is CC1CC1c1ccc(CCC(=O)Nc2ccc3c(c2)OC(C)(C)O3)o1. The predicted molar refractivity (Wildman–Crippen MR) is 94.0 cm³/mol. The standard InChI is InChI=1S/C20H23NO4/c1-12-10-15(12)16-8-5-14(23-16)6-9-19(22)21-13-4-7-17-18(11-13)25-20(2,3)24-17/h4-5,7-8,11-12,15H,6,9-10H2,1-3H3,(H,21,22). The Morgan fingerprint density at radius 2 is 1.96 bits per heavy atom. The van der Waals surface area contributed by atoms with Gasteiger partial charge in [0.1, 0.15) is 11.5 Å². The zero-order valence-corrected chi connectivity index (χ0v) is 14.8. The molecule has 2 heterocycles. The molecule has 25 heavy (non-hydrogen) atoms. The summed E-state index contributed by atoms with van der Waals surface area (Å²) < 4.78 is 17.2. The van der Waals surface area contributed by atoms with Crippen molar-refractivity contribution in [2.45, 2.75) is 51.7 Å². The van der Waals surface area contributed by atoms with E-state index < -0.39 is 5.79 Å². The normalized spacial score (nSPS) is 22.7. The molecule has 0 bridgehead atoms. The third kappa shape index (κ3) is 3.50. The molecule has 0 saturated heterocycles. The Morgan fingerprint density at radius 3 is 2.72 bits per heavy atom. The van der Waals surface area contributed by atoms with Gasteiger partial charge in [-0.25, -0.2) is 0 Å². The molecule has 0 spiro atoms. The van der Waals surface area contributed by atoms with E-state index in [4.69, 9.17) is 13.9 Å². The number of hydrogen-bond donors (Lipinski definition) is 1. The number of furan rings is 1. The van der Waals surface area contributed by atoms with E-state index in [2.05, 4.69) is 12.2 Å². The molecule has 2 atom stereocenters. The number of aryl methyl sites for hydroxylation is 1. The smallest absolute Gasteiger partial charge is 0.246 e. The van der Waals surface area contributed by atoms with Crippen LogP contribution in [-0.4, -0.2) is 11.7 Å². The van der Waals surface area contributed by atoms with Crippen LogP contribution in [0.25, 0.3) is 0 Å². The summed E-state index contributed by atoms with van der Waals surface area (Å²) in [5.74, 6) is 3.85. The van der Waals surface area contributed by atoms with Gasteiger partial charge >= 0.3 is 0 Å². The lowest BCUT2D eigenvalue weighted by molar-refractivity contribution is -0.116. The first-order chi connectivity index (χ1) is 11.9. The number of amides is 1. The van der Waals surface area contributed by atoms with Crippen molar-refractivity contribution < 1.29 is 18.7 Å². The van der Waals surface area contributed by atoms with Crippen LogP contribution in [0.1, 0.15) is 51.1 Å². The zero-order chi connectivity index (χ0) is 17.6. The highest BCUT2D eigenvalue weighted by Crippen LogP contribution is 2.47. The van der Waals surface area contributed by atoms with Crippen molar-refractivity contribution >= 4 is 11.6 Å². The Bertz CT molecular complexity index is 808. The quantitative estimate of drug-likeness (QED) is 0.871.